The zero-order valence-corrected chi connectivity index (χ0v) is 24.2. The molecule has 0 saturated carbocycles. The summed E-state index contributed by atoms with van der Waals surface area (Å²) in [6, 6.07) is 18.3. The molecular formula is C32H31ClN4OS. The van der Waals surface area contributed by atoms with Gasteiger partial charge in [0.05, 0.1) is 29.4 Å². The molecule has 2 N–H and O–H groups in total. The predicted octanol–water partition coefficient (Wildman–Crippen LogP) is 7.59. The van der Waals surface area contributed by atoms with E-state index in [4.69, 9.17) is 17.3 Å². The molecule has 0 fully saturated rings. The van der Waals surface area contributed by atoms with Crippen molar-refractivity contribution >= 4 is 34.8 Å². The van der Waals surface area contributed by atoms with Crippen molar-refractivity contribution in [3.8, 4) is 6.07 Å². The molecule has 5 rings (SSSR count). The molecule has 2 aromatic carbocycles. The highest BCUT2D eigenvalue weighted by atomic mass is 35.5. The molecule has 1 unspecified atom stereocenters. The fourth-order valence-electron chi connectivity index (χ4n) is 5.71. The third-order valence-corrected chi connectivity index (χ3v) is 8.82. The summed E-state index contributed by atoms with van der Waals surface area (Å²) in [5.41, 5.74) is 13.6. The molecule has 7 heteroatoms. The van der Waals surface area contributed by atoms with E-state index < -0.39 is 5.92 Å². The monoisotopic (exact) mass is 554 g/mol. The Hall–Kier alpha value is -3.53. The lowest BCUT2D eigenvalue weighted by Gasteiger charge is -2.44. The van der Waals surface area contributed by atoms with E-state index in [1.807, 2.05) is 41.3 Å². The number of hydrogen-bond acceptors (Lipinski definition) is 6. The maximum absolute atomic E-state index is 13.9. The van der Waals surface area contributed by atoms with Crippen molar-refractivity contribution in [3.05, 3.63) is 111 Å². The second-order valence-electron chi connectivity index (χ2n) is 11.1. The van der Waals surface area contributed by atoms with Gasteiger partial charge in [0, 0.05) is 39.6 Å². The molecule has 2 heterocycles. The Morgan fingerprint density at radius 2 is 1.92 bits per heavy atom. The van der Waals surface area contributed by atoms with Gasteiger partial charge in [-0.3, -0.25) is 14.7 Å². The lowest BCUT2D eigenvalue weighted by atomic mass is 9.68. The van der Waals surface area contributed by atoms with Crippen LogP contribution in [0.1, 0.15) is 54.9 Å². The average Bonchev–Trinajstić information content (AvgIpc) is 2.89. The molecule has 1 aromatic heterocycles. The Morgan fingerprint density at radius 1 is 1.18 bits per heavy atom. The predicted molar refractivity (Wildman–Crippen MR) is 158 cm³/mol. The molecule has 5 nitrogen and oxygen atoms in total. The smallest absolute Gasteiger partial charge is 0.162 e. The summed E-state index contributed by atoms with van der Waals surface area (Å²) in [6.45, 7) is 8.36. The van der Waals surface area contributed by atoms with Gasteiger partial charge in [0.2, 0.25) is 0 Å². The largest absolute Gasteiger partial charge is 0.384 e. The van der Waals surface area contributed by atoms with Crippen LogP contribution in [-0.4, -0.2) is 10.8 Å². The number of carbonyl (C=O) groups is 1. The lowest BCUT2D eigenvalue weighted by Crippen LogP contribution is -2.42. The van der Waals surface area contributed by atoms with Crippen LogP contribution in [0.3, 0.4) is 0 Å². The summed E-state index contributed by atoms with van der Waals surface area (Å²) in [7, 11) is 0. The van der Waals surface area contributed by atoms with Crippen LogP contribution in [0, 0.1) is 30.6 Å². The summed E-state index contributed by atoms with van der Waals surface area (Å²) in [5.74, 6) is 0.668. The fourth-order valence-corrected chi connectivity index (χ4v) is 6.78. The maximum atomic E-state index is 13.9. The molecular weight excluding hydrogens is 524 g/mol. The topological polar surface area (TPSA) is 83.0 Å². The Labute approximate surface area is 239 Å². The number of benzene rings is 2. The van der Waals surface area contributed by atoms with E-state index in [0.717, 1.165) is 38.7 Å². The number of rotatable bonds is 5. The molecule has 0 spiro atoms. The quantitative estimate of drug-likeness (QED) is 0.327. The van der Waals surface area contributed by atoms with Crippen LogP contribution >= 0.6 is 23.4 Å². The average molecular weight is 555 g/mol. The van der Waals surface area contributed by atoms with Gasteiger partial charge >= 0.3 is 0 Å². The normalized spacial score (nSPS) is 18.7. The zero-order chi connectivity index (χ0) is 27.9. The molecule has 1 aliphatic heterocycles. The van der Waals surface area contributed by atoms with Crippen LogP contribution in [0.15, 0.2) is 88.5 Å². The van der Waals surface area contributed by atoms with Crippen molar-refractivity contribution in [1.29, 1.82) is 5.26 Å². The summed E-state index contributed by atoms with van der Waals surface area (Å²) in [4.78, 5) is 21.2. The molecule has 0 bridgehead atoms. The number of Topliss-reactive ketones (excluding diaryl/α,β-unsaturated/α-hetero) is 1. The zero-order valence-electron chi connectivity index (χ0n) is 22.6. The second-order valence-corrected chi connectivity index (χ2v) is 12.6. The van der Waals surface area contributed by atoms with Crippen LogP contribution in [0.5, 0.6) is 0 Å². The number of nitrogens with two attached hydrogens (primary N) is 1. The van der Waals surface area contributed by atoms with Crippen LogP contribution in [0.4, 0.5) is 5.69 Å². The van der Waals surface area contributed by atoms with Crippen LogP contribution in [-0.2, 0) is 10.5 Å². The number of aryl methyl sites for hydroxylation is 1. The van der Waals surface area contributed by atoms with Gasteiger partial charge in [0.25, 0.3) is 0 Å². The first-order valence-corrected chi connectivity index (χ1v) is 14.3. The van der Waals surface area contributed by atoms with E-state index in [1.54, 1.807) is 24.2 Å². The highest BCUT2D eigenvalue weighted by molar-refractivity contribution is 7.98. The number of anilines is 1. The third kappa shape index (κ3) is 5.22. The first-order valence-electron chi connectivity index (χ1n) is 12.9. The molecule has 0 radical (unpaired) electrons. The number of nitrogens with zero attached hydrogens (tertiary/aromatic N) is 3. The van der Waals surface area contributed by atoms with Gasteiger partial charge in [-0.15, -0.1) is 11.8 Å². The molecule has 1 aliphatic carbocycles. The number of carbonyl (C=O) groups excluding carboxylic acids is 1. The van der Waals surface area contributed by atoms with E-state index in [2.05, 4.69) is 50.9 Å². The van der Waals surface area contributed by atoms with Crippen molar-refractivity contribution in [3.63, 3.8) is 0 Å². The maximum Gasteiger partial charge on any atom is 0.162 e. The highest BCUT2D eigenvalue weighted by Crippen LogP contribution is 2.51. The molecule has 2 aliphatic rings. The minimum atomic E-state index is -0.513. The SMILES string of the molecule is Cc1cc(CSc2ccc(Cl)cc2)c(C)c(C2C(C#N)=C(N)N(c3cccnc3)C3=C2C(=O)CC(C)(C)C3)c1. The van der Waals surface area contributed by atoms with Crippen molar-refractivity contribution in [1.82, 2.24) is 4.98 Å². The standard InChI is InChI=1S/C32H31ClN4OS/c1-19-12-21(18-39-24-9-7-22(33)8-10-24)20(2)25(13-19)29-26(16-34)31(35)37(23-6-5-11-36-17-23)27-14-32(3,4)15-28(38)30(27)29/h5-13,17,29H,14-15,18,35H2,1-4H3. The van der Waals surface area contributed by atoms with Gasteiger partial charge in [-0.2, -0.15) is 5.26 Å². The first kappa shape index (κ1) is 27.1. The number of allylic oxidation sites excluding steroid dienone is 3. The van der Waals surface area contributed by atoms with Crippen molar-refractivity contribution in [2.24, 2.45) is 11.1 Å². The minimum Gasteiger partial charge on any atom is -0.384 e. The highest BCUT2D eigenvalue weighted by Gasteiger charge is 2.45. The van der Waals surface area contributed by atoms with E-state index in [1.165, 1.54) is 5.56 Å². The Bertz CT molecular complexity index is 1550. The number of hydrogen-bond donors (Lipinski definition) is 1. The molecule has 3 aromatic rings. The van der Waals surface area contributed by atoms with E-state index in [-0.39, 0.29) is 11.2 Å². The van der Waals surface area contributed by atoms with Gasteiger partial charge in [0.15, 0.2) is 5.78 Å². The molecule has 1 atom stereocenters. The van der Waals surface area contributed by atoms with Gasteiger partial charge in [-0.1, -0.05) is 43.1 Å². The summed E-state index contributed by atoms with van der Waals surface area (Å²) >= 11 is 7.80. The first-order chi connectivity index (χ1) is 18.6. The van der Waals surface area contributed by atoms with Gasteiger partial charge in [-0.05, 0) is 78.8 Å². The summed E-state index contributed by atoms with van der Waals surface area (Å²) in [5, 5.41) is 11.2. The van der Waals surface area contributed by atoms with Crippen LogP contribution in [0.2, 0.25) is 5.02 Å². The van der Waals surface area contributed by atoms with Crippen molar-refractivity contribution in [2.75, 3.05) is 4.90 Å². The second kappa shape index (κ2) is 10.6. The van der Waals surface area contributed by atoms with E-state index in [9.17, 15) is 10.1 Å². The Balaban J connectivity index is 1.66. The summed E-state index contributed by atoms with van der Waals surface area (Å²) < 4.78 is 0. The molecule has 0 amide bonds. The fraction of sp³-hybridized carbons (Fsp3) is 0.281. The third-order valence-electron chi connectivity index (χ3n) is 7.50. The number of ketones is 1. The number of aromatic nitrogens is 1. The minimum absolute atomic E-state index is 0.0679. The summed E-state index contributed by atoms with van der Waals surface area (Å²) in [6.07, 6.45) is 4.52. The van der Waals surface area contributed by atoms with Crippen LogP contribution in [0.25, 0.3) is 0 Å². The lowest BCUT2D eigenvalue weighted by molar-refractivity contribution is -0.118. The molecule has 198 valence electrons. The Kier molecular flexibility index (Phi) is 7.33. The van der Waals surface area contributed by atoms with Crippen molar-refractivity contribution in [2.45, 2.75) is 57.1 Å². The van der Waals surface area contributed by atoms with Gasteiger partial charge in [0.1, 0.15) is 5.82 Å². The number of pyridine rings is 1. The van der Waals surface area contributed by atoms with Crippen molar-refractivity contribution < 1.29 is 4.79 Å². The van der Waals surface area contributed by atoms with E-state index in [0.29, 0.717) is 34.8 Å². The van der Waals surface area contributed by atoms with Gasteiger partial charge < -0.3 is 5.73 Å². The van der Waals surface area contributed by atoms with E-state index >= 15 is 0 Å². The number of halogens is 1. The molecule has 39 heavy (non-hydrogen) atoms. The molecule has 0 saturated heterocycles. The Morgan fingerprint density at radius 3 is 2.59 bits per heavy atom. The van der Waals surface area contributed by atoms with Gasteiger partial charge in [-0.25, -0.2) is 0 Å². The number of thioether (sulfide) groups is 1. The van der Waals surface area contributed by atoms with Crippen LogP contribution < -0.4 is 10.6 Å². The number of nitriles is 1.